The van der Waals surface area contributed by atoms with Crippen molar-refractivity contribution in [3.63, 3.8) is 0 Å². The molecular weight excluding hydrogens is 386 g/mol. The predicted molar refractivity (Wildman–Crippen MR) is 111 cm³/mol. The zero-order valence-electron chi connectivity index (χ0n) is 17.1. The number of nitrogens with two attached hydrogens (primary N) is 1. The van der Waals surface area contributed by atoms with Crippen LogP contribution in [0, 0.1) is 12.8 Å². The molecule has 9 heteroatoms. The summed E-state index contributed by atoms with van der Waals surface area (Å²) in [4.78, 5) is 45.5. The van der Waals surface area contributed by atoms with E-state index in [9.17, 15) is 14.4 Å². The number of urea groups is 1. The summed E-state index contributed by atoms with van der Waals surface area (Å²) in [6, 6.07) is 3.13. The van der Waals surface area contributed by atoms with Crippen LogP contribution in [0.5, 0.6) is 0 Å². The van der Waals surface area contributed by atoms with Gasteiger partial charge in [-0.05, 0) is 51.2 Å². The monoisotopic (exact) mass is 413 g/mol. The van der Waals surface area contributed by atoms with Crippen molar-refractivity contribution in [3.8, 4) is 0 Å². The molecule has 2 aliphatic heterocycles. The van der Waals surface area contributed by atoms with Gasteiger partial charge in [-0.15, -0.1) is 0 Å². The first-order valence-electron chi connectivity index (χ1n) is 10.5. The Hall–Kier alpha value is -3.10. The van der Waals surface area contributed by atoms with Gasteiger partial charge in [0.1, 0.15) is 5.69 Å². The third kappa shape index (κ3) is 3.96. The van der Waals surface area contributed by atoms with Crippen LogP contribution in [0.3, 0.4) is 0 Å². The van der Waals surface area contributed by atoms with Gasteiger partial charge in [-0.2, -0.15) is 0 Å². The second-order valence-corrected chi connectivity index (χ2v) is 8.08. The molecule has 2 aromatic heterocycles. The second-order valence-electron chi connectivity index (χ2n) is 8.08. The number of carbonyl (C=O) groups excluding carboxylic acids is 3. The maximum atomic E-state index is 13.0. The van der Waals surface area contributed by atoms with E-state index in [1.807, 2.05) is 4.90 Å². The predicted octanol–water partition coefficient (Wildman–Crippen LogP) is 2.49. The van der Waals surface area contributed by atoms with E-state index in [4.69, 9.17) is 10.2 Å². The molecule has 4 rings (SSSR count). The number of hydrogen-bond acceptors (Lipinski definition) is 5. The van der Waals surface area contributed by atoms with E-state index in [0.717, 1.165) is 50.9 Å². The summed E-state index contributed by atoms with van der Waals surface area (Å²) in [5.41, 5.74) is 6.63. The van der Waals surface area contributed by atoms with Crippen LogP contribution < -0.4 is 11.1 Å². The molecule has 0 saturated carbocycles. The fraction of sp³-hybridized carbons (Fsp3) is 0.524. The summed E-state index contributed by atoms with van der Waals surface area (Å²) in [5.74, 6) is -0.964. The number of anilines is 1. The molecule has 2 saturated heterocycles. The highest BCUT2D eigenvalue weighted by Crippen LogP contribution is 2.31. The highest BCUT2D eigenvalue weighted by molar-refractivity contribution is 6.09. The molecule has 3 N–H and O–H groups in total. The van der Waals surface area contributed by atoms with Crippen molar-refractivity contribution in [2.24, 2.45) is 11.7 Å². The number of pyridine rings is 1. The van der Waals surface area contributed by atoms with E-state index < -0.39 is 5.91 Å². The molecule has 1 unspecified atom stereocenters. The van der Waals surface area contributed by atoms with Crippen LogP contribution in [0.2, 0.25) is 0 Å². The number of primary amides is 1. The third-order valence-electron chi connectivity index (χ3n) is 5.88. The lowest BCUT2D eigenvalue weighted by atomic mass is 9.95. The van der Waals surface area contributed by atoms with Crippen LogP contribution in [-0.2, 0) is 4.79 Å². The SMILES string of the molecule is Cc1ccc2c(NC(=O)N3CCCC(C(=O)N4CCCCC4)C3)c(C(N)=O)oc2n1. The van der Waals surface area contributed by atoms with Gasteiger partial charge in [0.05, 0.1) is 11.3 Å². The Morgan fingerprint density at radius 1 is 1.10 bits per heavy atom. The molecule has 2 fully saturated rings. The van der Waals surface area contributed by atoms with E-state index in [2.05, 4.69) is 10.3 Å². The standard InChI is InChI=1S/C21H27N5O4/c1-13-7-8-15-16(17(18(22)27)30-19(15)23-13)24-21(29)26-11-5-6-14(12-26)20(28)25-9-3-2-4-10-25/h7-8,14H,2-6,9-12H2,1H3,(H2,22,27)(H,24,29). The van der Waals surface area contributed by atoms with Gasteiger partial charge in [0.25, 0.3) is 5.91 Å². The lowest BCUT2D eigenvalue weighted by molar-refractivity contribution is -0.137. The van der Waals surface area contributed by atoms with Crippen LogP contribution in [0.1, 0.15) is 48.4 Å². The van der Waals surface area contributed by atoms with E-state index in [1.165, 1.54) is 0 Å². The Labute approximate surface area is 174 Å². The summed E-state index contributed by atoms with van der Waals surface area (Å²) in [5, 5.41) is 3.29. The topological polar surface area (TPSA) is 122 Å². The fourth-order valence-electron chi connectivity index (χ4n) is 4.29. The van der Waals surface area contributed by atoms with Crippen molar-refractivity contribution >= 4 is 34.6 Å². The number of amides is 4. The van der Waals surface area contributed by atoms with Crippen molar-refractivity contribution < 1.29 is 18.8 Å². The number of rotatable bonds is 3. The molecule has 1 atom stereocenters. The molecule has 2 aromatic rings. The number of aryl methyl sites for hydroxylation is 1. The second kappa shape index (κ2) is 8.33. The number of hydrogen-bond donors (Lipinski definition) is 2. The lowest BCUT2D eigenvalue weighted by Crippen LogP contribution is -2.49. The lowest BCUT2D eigenvalue weighted by Gasteiger charge is -2.36. The number of piperidine rings is 2. The average molecular weight is 413 g/mol. The van der Waals surface area contributed by atoms with Gasteiger partial charge >= 0.3 is 6.03 Å². The van der Waals surface area contributed by atoms with Gasteiger partial charge in [-0.3, -0.25) is 9.59 Å². The smallest absolute Gasteiger partial charge is 0.321 e. The molecular formula is C21H27N5O4. The normalized spacial score (nSPS) is 19.7. The average Bonchev–Trinajstić information content (AvgIpc) is 3.11. The molecule has 4 heterocycles. The quantitative estimate of drug-likeness (QED) is 0.801. The first kappa shape index (κ1) is 20.2. The summed E-state index contributed by atoms with van der Waals surface area (Å²) in [7, 11) is 0. The fourth-order valence-corrected chi connectivity index (χ4v) is 4.29. The van der Waals surface area contributed by atoms with Crippen molar-refractivity contribution in [2.75, 3.05) is 31.5 Å². The van der Waals surface area contributed by atoms with Crippen LogP contribution in [0.25, 0.3) is 11.1 Å². The van der Waals surface area contributed by atoms with Gasteiger partial charge < -0.3 is 25.3 Å². The molecule has 4 amide bonds. The van der Waals surface area contributed by atoms with Crippen molar-refractivity contribution in [3.05, 3.63) is 23.6 Å². The number of nitrogens with one attached hydrogen (secondary N) is 1. The first-order chi connectivity index (χ1) is 14.4. The molecule has 9 nitrogen and oxygen atoms in total. The highest BCUT2D eigenvalue weighted by atomic mass is 16.4. The van der Waals surface area contributed by atoms with Crippen LogP contribution in [0.4, 0.5) is 10.5 Å². The number of furan rings is 1. The van der Waals surface area contributed by atoms with Crippen LogP contribution in [0.15, 0.2) is 16.5 Å². The Kier molecular flexibility index (Phi) is 5.61. The van der Waals surface area contributed by atoms with Crippen LogP contribution in [-0.4, -0.2) is 58.8 Å². The van der Waals surface area contributed by atoms with E-state index in [1.54, 1.807) is 24.0 Å². The Morgan fingerprint density at radius 2 is 1.83 bits per heavy atom. The van der Waals surface area contributed by atoms with Crippen molar-refractivity contribution in [1.29, 1.82) is 0 Å². The maximum Gasteiger partial charge on any atom is 0.321 e. The Morgan fingerprint density at radius 3 is 2.57 bits per heavy atom. The number of fused-ring (bicyclic) bond motifs is 1. The summed E-state index contributed by atoms with van der Waals surface area (Å²) in [6.45, 7) is 4.32. The minimum Gasteiger partial charge on any atom is -0.430 e. The highest BCUT2D eigenvalue weighted by Gasteiger charge is 2.32. The minimum atomic E-state index is -0.780. The zero-order chi connectivity index (χ0) is 21.3. The van der Waals surface area contributed by atoms with Gasteiger partial charge in [-0.1, -0.05) is 0 Å². The largest absolute Gasteiger partial charge is 0.430 e. The Bertz CT molecular complexity index is 979. The minimum absolute atomic E-state index is 0.130. The molecule has 0 spiro atoms. The van der Waals surface area contributed by atoms with Gasteiger partial charge in [-0.25, -0.2) is 9.78 Å². The molecule has 30 heavy (non-hydrogen) atoms. The molecule has 0 aliphatic carbocycles. The number of aromatic nitrogens is 1. The number of carbonyl (C=O) groups is 3. The number of likely N-dealkylation sites (tertiary alicyclic amines) is 2. The molecule has 160 valence electrons. The van der Waals surface area contributed by atoms with E-state index in [-0.39, 0.29) is 35.0 Å². The Balaban J connectivity index is 1.50. The van der Waals surface area contributed by atoms with Gasteiger partial charge in [0, 0.05) is 31.9 Å². The van der Waals surface area contributed by atoms with Gasteiger partial charge in [0.2, 0.25) is 17.4 Å². The molecule has 0 radical (unpaired) electrons. The summed E-state index contributed by atoms with van der Waals surface area (Å²) in [6.07, 6.45) is 4.79. The first-order valence-corrected chi connectivity index (χ1v) is 10.5. The maximum absolute atomic E-state index is 13.0. The molecule has 0 bridgehead atoms. The number of nitrogens with zero attached hydrogens (tertiary/aromatic N) is 3. The summed E-state index contributed by atoms with van der Waals surface area (Å²) >= 11 is 0. The van der Waals surface area contributed by atoms with E-state index >= 15 is 0 Å². The summed E-state index contributed by atoms with van der Waals surface area (Å²) < 4.78 is 5.49. The van der Waals surface area contributed by atoms with Crippen molar-refractivity contribution in [1.82, 2.24) is 14.8 Å². The van der Waals surface area contributed by atoms with Gasteiger partial charge in [0.15, 0.2) is 0 Å². The van der Waals surface area contributed by atoms with Crippen molar-refractivity contribution in [2.45, 2.75) is 39.0 Å². The molecule has 2 aliphatic rings. The van der Waals surface area contributed by atoms with E-state index in [0.29, 0.717) is 18.5 Å². The van der Waals surface area contributed by atoms with Crippen LogP contribution >= 0.6 is 0 Å². The zero-order valence-corrected chi connectivity index (χ0v) is 17.1. The third-order valence-corrected chi connectivity index (χ3v) is 5.88. The molecule has 0 aromatic carbocycles.